The number of benzene rings is 1. The number of aldehydes is 1. The molecule has 0 saturated carbocycles. The molecule has 0 bridgehead atoms. The van der Waals surface area contributed by atoms with Crippen LogP contribution in [-0.2, 0) is 4.79 Å². The number of carboxylic acids is 1. The van der Waals surface area contributed by atoms with Crippen LogP contribution < -0.4 is 4.90 Å². The van der Waals surface area contributed by atoms with Gasteiger partial charge in [-0.05, 0) is 19.1 Å². The van der Waals surface area contributed by atoms with E-state index in [4.69, 9.17) is 5.11 Å². The monoisotopic (exact) mass is 237 g/mol. The molecule has 0 amide bonds. The van der Waals surface area contributed by atoms with Gasteiger partial charge in [-0.2, -0.15) is 0 Å². The molecule has 0 fully saturated rings. The predicted molar refractivity (Wildman–Crippen MR) is 63.6 cm³/mol. The van der Waals surface area contributed by atoms with E-state index in [0.717, 1.165) is 0 Å². The molecule has 1 rings (SSSR count). The van der Waals surface area contributed by atoms with Crippen molar-refractivity contribution in [3.05, 3.63) is 23.8 Å². The van der Waals surface area contributed by atoms with Crippen LogP contribution >= 0.6 is 0 Å². The van der Waals surface area contributed by atoms with Gasteiger partial charge in [0.2, 0.25) is 0 Å². The van der Waals surface area contributed by atoms with E-state index in [9.17, 15) is 14.7 Å². The Labute approximate surface area is 99.3 Å². The van der Waals surface area contributed by atoms with Crippen molar-refractivity contribution in [3.63, 3.8) is 0 Å². The van der Waals surface area contributed by atoms with E-state index in [-0.39, 0.29) is 17.7 Å². The Hall–Kier alpha value is -2.04. The molecule has 0 spiro atoms. The number of carboxylic acid groups (broad SMARTS) is 1. The number of phenols is 1. The summed E-state index contributed by atoms with van der Waals surface area (Å²) in [5.41, 5.74) is 0.930. The second-order valence-corrected chi connectivity index (χ2v) is 3.58. The molecule has 2 N–H and O–H groups in total. The first-order valence-electron chi connectivity index (χ1n) is 5.33. The highest BCUT2D eigenvalue weighted by Gasteiger charge is 2.09. The highest BCUT2D eigenvalue weighted by atomic mass is 16.4. The molecular formula is C12H15NO4. The molecule has 0 atom stereocenters. The fourth-order valence-electron chi connectivity index (χ4n) is 1.53. The number of rotatable bonds is 6. The van der Waals surface area contributed by atoms with E-state index in [1.54, 1.807) is 6.07 Å². The number of aliphatic carboxylic acids is 1. The maximum absolute atomic E-state index is 10.5. The molecule has 0 radical (unpaired) electrons. The van der Waals surface area contributed by atoms with Gasteiger partial charge in [0.1, 0.15) is 5.75 Å². The van der Waals surface area contributed by atoms with Gasteiger partial charge >= 0.3 is 5.97 Å². The maximum atomic E-state index is 10.5. The van der Waals surface area contributed by atoms with E-state index in [1.807, 2.05) is 11.8 Å². The fourth-order valence-corrected chi connectivity index (χ4v) is 1.53. The van der Waals surface area contributed by atoms with Gasteiger partial charge < -0.3 is 15.1 Å². The number of hydrogen-bond donors (Lipinski definition) is 2. The largest absolute Gasteiger partial charge is 0.507 e. The third-order valence-electron chi connectivity index (χ3n) is 2.48. The molecule has 0 saturated heterocycles. The minimum Gasteiger partial charge on any atom is -0.507 e. The fraction of sp³-hybridized carbons (Fsp3) is 0.333. The molecule has 0 heterocycles. The van der Waals surface area contributed by atoms with Crippen molar-refractivity contribution in [2.45, 2.75) is 13.3 Å². The van der Waals surface area contributed by atoms with Gasteiger partial charge in [0.15, 0.2) is 6.29 Å². The molecule has 92 valence electrons. The van der Waals surface area contributed by atoms with Crippen LogP contribution in [0, 0.1) is 0 Å². The third kappa shape index (κ3) is 3.48. The average Bonchev–Trinajstić information content (AvgIpc) is 2.29. The van der Waals surface area contributed by atoms with Crippen molar-refractivity contribution in [1.82, 2.24) is 0 Å². The molecule has 1 aromatic rings. The Kier molecular flexibility index (Phi) is 4.51. The predicted octanol–water partition coefficient (Wildman–Crippen LogP) is 1.51. The normalized spacial score (nSPS) is 9.94. The molecule has 0 aliphatic heterocycles. The summed E-state index contributed by atoms with van der Waals surface area (Å²) in [6.45, 7) is 2.89. The summed E-state index contributed by atoms with van der Waals surface area (Å²) in [4.78, 5) is 22.9. The van der Waals surface area contributed by atoms with Crippen molar-refractivity contribution in [2.24, 2.45) is 0 Å². The van der Waals surface area contributed by atoms with Crippen LogP contribution in [0.5, 0.6) is 5.75 Å². The van der Waals surface area contributed by atoms with Gasteiger partial charge in [0.25, 0.3) is 0 Å². The molecule has 0 aliphatic carbocycles. The van der Waals surface area contributed by atoms with Crippen LogP contribution in [0.15, 0.2) is 18.2 Å². The zero-order valence-corrected chi connectivity index (χ0v) is 9.59. The highest BCUT2D eigenvalue weighted by molar-refractivity contribution is 5.80. The lowest BCUT2D eigenvalue weighted by Crippen LogP contribution is -2.25. The molecule has 5 heteroatoms. The SMILES string of the molecule is CCN(CCC(=O)O)c1ccc(C=O)c(O)c1. The Bertz CT molecular complexity index is 417. The topological polar surface area (TPSA) is 77.8 Å². The smallest absolute Gasteiger partial charge is 0.305 e. The summed E-state index contributed by atoms with van der Waals surface area (Å²) in [6.07, 6.45) is 0.608. The summed E-state index contributed by atoms with van der Waals surface area (Å²) in [7, 11) is 0. The Morgan fingerprint density at radius 1 is 1.47 bits per heavy atom. The minimum atomic E-state index is -0.864. The molecular weight excluding hydrogens is 222 g/mol. The summed E-state index contributed by atoms with van der Waals surface area (Å²) >= 11 is 0. The van der Waals surface area contributed by atoms with E-state index in [0.29, 0.717) is 25.1 Å². The molecule has 5 nitrogen and oxygen atoms in total. The zero-order chi connectivity index (χ0) is 12.8. The molecule has 0 unspecified atom stereocenters. The Balaban J connectivity index is 2.84. The van der Waals surface area contributed by atoms with E-state index in [1.165, 1.54) is 12.1 Å². The lowest BCUT2D eigenvalue weighted by atomic mass is 10.2. The summed E-state index contributed by atoms with van der Waals surface area (Å²) in [5, 5.41) is 18.2. The lowest BCUT2D eigenvalue weighted by molar-refractivity contribution is -0.136. The van der Waals surface area contributed by atoms with Crippen LogP contribution in [-0.4, -0.2) is 35.6 Å². The Morgan fingerprint density at radius 3 is 2.65 bits per heavy atom. The zero-order valence-electron chi connectivity index (χ0n) is 9.59. The molecule has 17 heavy (non-hydrogen) atoms. The van der Waals surface area contributed by atoms with Crippen molar-refractivity contribution in [1.29, 1.82) is 0 Å². The van der Waals surface area contributed by atoms with Crippen LogP contribution in [0.1, 0.15) is 23.7 Å². The van der Waals surface area contributed by atoms with E-state index >= 15 is 0 Å². The van der Waals surface area contributed by atoms with Gasteiger partial charge in [0.05, 0.1) is 12.0 Å². The molecule has 1 aromatic carbocycles. The third-order valence-corrected chi connectivity index (χ3v) is 2.48. The lowest BCUT2D eigenvalue weighted by Gasteiger charge is -2.22. The van der Waals surface area contributed by atoms with Gasteiger partial charge in [-0.3, -0.25) is 9.59 Å². The first-order valence-corrected chi connectivity index (χ1v) is 5.33. The highest BCUT2D eigenvalue weighted by Crippen LogP contribution is 2.23. The van der Waals surface area contributed by atoms with Crippen molar-refractivity contribution < 1.29 is 19.8 Å². The van der Waals surface area contributed by atoms with Crippen LogP contribution in [0.25, 0.3) is 0 Å². The number of carbonyl (C=O) groups is 2. The first kappa shape index (κ1) is 13.0. The standard InChI is InChI=1S/C12H15NO4/c1-2-13(6-5-12(16)17)10-4-3-9(8-14)11(15)7-10/h3-4,7-8,15H,2,5-6H2,1H3,(H,16,17). The summed E-state index contributed by atoms with van der Waals surface area (Å²) in [5.74, 6) is -0.955. The molecule has 0 aliphatic rings. The number of anilines is 1. The van der Waals surface area contributed by atoms with Crippen LogP contribution in [0.4, 0.5) is 5.69 Å². The number of hydrogen-bond acceptors (Lipinski definition) is 4. The van der Waals surface area contributed by atoms with Crippen molar-refractivity contribution >= 4 is 17.9 Å². The minimum absolute atomic E-state index is 0.0318. The van der Waals surface area contributed by atoms with Gasteiger partial charge in [-0.1, -0.05) is 0 Å². The number of aromatic hydroxyl groups is 1. The van der Waals surface area contributed by atoms with E-state index in [2.05, 4.69) is 0 Å². The molecule has 0 aromatic heterocycles. The van der Waals surface area contributed by atoms with Gasteiger partial charge in [-0.15, -0.1) is 0 Å². The van der Waals surface area contributed by atoms with Crippen LogP contribution in [0.2, 0.25) is 0 Å². The van der Waals surface area contributed by atoms with E-state index < -0.39 is 5.97 Å². The summed E-state index contributed by atoms with van der Waals surface area (Å²) < 4.78 is 0. The maximum Gasteiger partial charge on any atom is 0.305 e. The number of phenolic OH excluding ortho intramolecular Hbond substituents is 1. The average molecular weight is 237 g/mol. The quantitative estimate of drug-likeness (QED) is 0.733. The number of carbonyl (C=O) groups excluding carboxylic acids is 1. The number of nitrogens with zero attached hydrogens (tertiary/aromatic N) is 1. The van der Waals surface area contributed by atoms with Gasteiger partial charge in [0, 0.05) is 24.8 Å². The summed E-state index contributed by atoms with van der Waals surface area (Å²) in [6, 6.07) is 4.67. The first-order chi connectivity index (χ1) is 8.08. The Morgan fingerprint density at radius 2 is 2.18 bits per heavy atom. The van der Waals surface area contributed by atoms with Crippen molar-refractivity contribution in [2.75, 3.05) is 18.0 Å². The van der Waals surface area contributed by atoms with Crippen molar-refractivity contribution in [3.8, 4) is 5.75 Å². The van der Waals surface area contributed by atoms with Gasteiger partial charge in [-0.25, -0.2) is 0 Å². The second-order valence-electron chi connectivity index (χ2n) is 3.58. The second kappa shape index (κ2) is 5.89. The van der Waals surface area contributed by atoms with Crippen LogP contribution in [0.3, 0.4) is 0 Å².